The summed E-state index contributed by atoms with van der Waals surface area (Å²) in [5.74, 6) is 2.27. The molecule has 0 saturated heterocycles. The molecule has 0 saturated carbocycles. The molecule has 0 amide bonds. The molecule has 0 fully saturated rings. The minimum atomic E-state index is 1.03. The molecule has 0 aliphatic carbocycles. The van der Waals surface area contributed by atoms with Crippen LogP contribution in [-0.4, -0.2) is 15.3 Å². The fourth-order valence-electron chi connectivity index (χ4n) is 2.80. The van der Waals surface area contributed by atoms with Crippen LogP contribution in [0.25, 0.3) is 16.5 Å². The molecule has 0 atom stereocenters. The molecular weight excluding hydrogens is 252 g/mol. The van der Waals surface area contributed by atoms with Crippen LogP contribution in [0.5, 0.6) is 0 Å². The van der Waals surface area contributed by atoms with Gasteiger partial charge >= 0.3 is 0 Å². The van der Waals surface area contributed by atoms with Gasteiger partial charge in [-0.05, 0) is 23.8 Å². The zero-order valence-corrected chi connectivity index (χ0v) is 11.6. The van der Waals surface area contributed by atoms with Crippen molar-refractivity contribution >= 4 is 22.5 Å². The van der Waals surface area contributed by atoms with Crippen LogP contribution in [0.15, 0.2) is 47.5 Å². The van der Waals surface area contributed by atoms with Gasteiger partial charge in [0.15, 0.2) is 0 Å². The predicted molar refractivity (Wildman–Crippen MR) is 80.2 cm³/mol. The highest BCUT2D eigenvalue weighted by Crippen LogP contribution is 2.37. The number of fused-ring (bicyclic) bond motifs is 5. The molecule has 0 N–H and O–H groups in total. The van der Waals surface area contributed by atoms with Gasteiger partial charge in [-0.3, -0.25) is 4.57 Å². The van der Waals surface area contributed by atoms with Crippen molar-refractivity contribution in [3.05, 3.63) is 54.1 Å². The van der Waals surface area contributed by atoms with Gasteiger partial charge in [0.25, 0.3) is 0 Å². The van der Waals surface area contributed by atoms with E-state index >= 15 is 0 Å². The van der Waals surface area contributed by atoms with Gasteiger partial charge in [0, 0.05) is 29.0 Å². The Balaban J connectivity index is 2.11. The van der Waals surface area contributed by atoms with Crippen molar-refractivity contribution in [2.24, 2.45) is 0 Å². The molecule has 2 aromatic carbocycles. The lowest BCUT2D eigenvalue weighted by molar-refractivity contribution is 0.877. The van der Waals surface area contributed by atoms with E-state index in [1.54, 1.807) is 0 Å². The van der Waals surface area contributed by atoms with Crippen LogP contribution < -0.4 is 0 Å². The number of imidazole rings is 1. The second-order valence-corrected chi connectivity index (χ2v) is 5.99. The van der Waals surface area contributed by atoms with Crippen molar-refractivity contribution in [3.63, 3.8) is 0 Å². The van der Waals surface area contributed by atoms with E-state index in [1.165, 1.54) is 32.9 Å². The summed E-state index contributed by atoms with van der Waals surface area (Å²) in [4.78, 5) is 5.93. The molecule has 1 aromatic heterocycles. The number of aryl methyl sites for hydroxylation is 2. The van der Waals surface area contributed by atoms with Gasteiger partial charge < -0.3 is 0 Å². The van der Waals surface area contributed by atoms with Crippen LogP contribution in [0.3, 0.4) is 0 Å². The molecule has 1 aliphatic heterocycles. The first-order valence-electron chi connectivity index (χ1n) is 6.53. The van der Waals surface area contributed by atoms with Gasteiger partial charge in [0.2, 0.25) is 0 Å². The molecule has 0 unspecified atom stereocenters. The first-order chi connectivity index (χ1) is 9.34. The Labute approximate surface area is 116 Å². The maximum Gasteiger partial charge on any atom is 0.114 e. The van der Waals surface area contributed by atoms with Crippen molar-refractivity contribution in [1.82, 2.24) is 9.55 Å². The molecule has 3 heteroatoms. The smallest absolute Gasteiger partial charge is 0.114 e. The molecule has 94 valence electrons. The van der Waals surface area contributed by atoms with Gasteiger partial charge in [-0.2, -0.15) is 0 Å². The van der Waals surface area contributed by atoms with E-state index in [2.05, 4.69) is 52.9 Å². The highest BCUT2D eigenvalue weighted by atomic mass is 32.2. The molecule has 2 heterocycles. The van der Waals surface area contributed by atoms with Crippen LogP contribution in [-0.2, 0) is 6.42 Å². The average molecular weight is 266 g/mol. The van der Waals surface area contributed by atoms with Crippen molar-refractivity contribution in [2.45, 2.75) is 18.2 Å². The summed E-state index contributed by atoms with van der Waals surface area (Å²) in [7, 11) is 0. The molecule has 0 bridgehead atoms. The number of rotatable bonds is 0. The average Bonchev–Trinajstić information content (AvgIpc) is 2.70. The molecule has 19 heavy (non-hydrogen) atoms. The largest absolute Gasteiger partial charge is 0.300 e. The van der Waals surface area contributed by atoms with Gasteiger partial charge in [0.05, 0.1) is 5.69 Å². The quantitative estimate of drug-likeness (QED) is 0.612. The first-order valence-corrected chi connectivity index (χ1v) is 7.51. The minimum absolute atomic E-state index is 1.03. The summed E-state index contributed by atoms with van der Waals surface area (Å²) in [5.41, 5.74) is 2.50. The van der Waals surface area contributed by atoms with Crippen molar-refractivity contribution in [2.75, 3.05) is 5.75 Å². The summed E-state index contributed by atoms with van der Waals surface area (Å²) >= 11 is 1.95. The molecule has 2 nitrogen and oxygen atoms in total. The Morgan fingerprint density at radius 1 is 1.16 bits per heavy atom. The van der Waals surface area contributed by atoms with E-state index < -0.39 is 0 Å². The predicted octanol–water partition coefficient (Wildman–Crippen LogP) is 3.98. The van der Waals surface area contributed by atoms with Crippen molar-refractivity contribution < 1.29 is 0 Å². The van der Waals surface area contributed by atoms with E-state index in [0.29, 0.717) is 0 Å². The van der Waals surface area contributed by atoms with Gasteiger partial charge in [-0.1, -0.05) is 30.3 Å². The Bertz CT molecular complexity index is 774. The van der Waals surface area contributed by atoms with E-state index in [4.69, 9.17) is 0 Å². The summed E-state index contributed by atoms with van der Waals surface area (Å²) in [6.45, 7) is 2.13. The Morgan fingerprint density at radius 2 is 2.05 bits per heavy atom. The monoisotopic (exact) mass is 266 g/mol. The third-order valence-electron chi connectivity index (χ3n) is 3.68. The third-order valence-corrected chi connectivity index (χ3v) is 4.81. The lowest BCUT2D eigenvalue weighted by atomic mass is 10.1. The fourth-order valence-corrected chi connectivity index (χ4v) is 3.93. The SMILES string of the molecule is Cc1cnc2n1-c1ccc3ccccc3c1SCC2. The maximum absolute atomic E-state index is 4.54. The van der Waals surface area contributed by atoms with Crippen LogP contribution in [0.2, 0.25) is 0 Å². The molecule has 1 aliphatic rings. The lowest BCUT2D eigenvalue weighted by Gasteiger charge is -2.13. The van der Waals surface area contributed by atoms with E-state index in [9.17, 15) is 0 Å². The Hall–Kier alpha value is -1.74. The summed E-state index contributed by atoms with van der Waals surface area (Å²) in [5, 5.41) is 2.67. The lowest BCUT2D eigenvalue weighted by Crippen LogP contribution is -2.02. The standard InChI is InChI=1S/C16H14N2S/c1-11-10-17-15-8-9-19-16-13-5-3-2-4-12(13)6-7-14(16)18(11)15/h2-7,10H,8-9H2,1H3. The fraction of sp³-hybridized carbons (Fsp3) is 0.188. The molecule has 0 spiro atoms. The highest BCUT2D eigenvalue weighted by molar-refractivity contribution is 7.99. The van der Waals surface area contributed by atoms with E-state index in [1.807, 2.05) is 18.0 Å². The van der Waals surface area contributed by atoms with Crippen LogP contribution in [0.4, 0.5) is 0 Å². The summed E-state index contributed by atoms with van der Waals surface area (Å²) in [6.07, 6.45) is 3.01. The second kappa shape index (κ2) is 4.14. The third kappa shape index (κ3) is 1.61. The first kappa shape index (κ1) is 11.1. The minimum Gasteiger partial charge on any atom is -0.300 e. The van der Waals surface area contributed by atoms with Crippen LogP contribution in [0, 0.1) is 6.92 Å². The summed E-state index contributed by atoms with van der Waals surface area (Å²) < 4.78 is 2.31. The van der Waals surface area contributed by atoms with E-state index in [-0.39, 0.29) is 0 Å². The Morgan fingerprint density at radius 3 is 3.00 bits per heavy atom. The zero-order valence-electron chi connectivity index (χ0n) is 10.8. The highest BCUT2D eigenvalue weighted by Gasteiger charge is 2.18. The number of nitrogens with zero attached hydrogens (tertiary/aromatic N) is 2. The van der Waals surface area contributed by atoms with Crippen molar-refractivity contribution in [3.8, 4) is 5.69 Å². The normalized spacial score (nSPS) is 13.9. The van der Waals surface area contributed by atoms with Gasteiger partial charge in [0.1, 0.15) is 5.82 Å². The maximum atomic E-state index is 4.54. The molecule has 4 rings (SSSR count). The topological polar surface area (TPSA) is 17.8 Å². The van der Waals surface area contributed by atoms with E-state index in [0.717, 1.165) is 12.2 Å². The zero-order chi connectivity index (χ0) is 12.8. The van der Waals surface area contributed by atoms with Gasteiger partial charge in [-0.15, -0.1) is 11.8 Å². The van der Waals surface area contributed by atoms with Crippen LogP contribution >= 0.6 is 11.8 Å². The molecule has 0 radical (unpaired) electrons. The number of benzene rings is 2. The molecular formula is C16H14N2S. The number of hydrogen-bond acceptors (Lipinski definition) is 2. The van der Waals surface area contributed by atoms with Crippen molar-refractivity contribution in [1.29, 1.82) is 0 Å². The van der Waals surface area contributed by atoms with Gasteiger partial charge in [-0.25, -0.2) is 4.98 Å². The number of thioether (sulfide) groups is 1. The Kier molecular flexibility index (Phi) is 2.42. The van der Waals surface area contributed by atoms with Crippen LogP contribution in [0.1, 0.15) is 11.5 Å². The number of aromatic nitrogens is 2. The molecule has 3 aromatic rings. The summed E-state index contributed by atoms with van der Waals surface area (Å²) in [6, 6.07) is 13.1. The second-order valence-electron chi connectivity index (χ2n) is 4.88. The number of hydrogen-bond donors (Lipinski definition) is 0.